The summed E-state index contributed by atoms with van der Waals surface area (Å²) in [6.07, 6.45) is 3.88. The molecule has 90 valence electrons. The van der Waals surface area contributed by atoms with Crippen LogP contribution in [0.15, 0.2) is 6.20 Å². The average Bonchev–Trinajstić information content (AvgIpc) is 2.27. The highest BCUT2D eigenvalue weighted by Gasteiger charge is 2.14. The zero-order valence-corrected chi connectivity index (χ0v) is 10.9. The summed E-state index contributed by atoms with van der Waals surface area (Å²) in [7, 11) is 1.66. The molecule has 0 fully saturated rings. The van der Waals surface area contributed by atoms with Gasteiger partial charge in [-0.05, 0) is 18.8 Å². The lowest BCUT2D eigenvalue weighted by Crippen LogP contribution is -2.06. The fourth-order valence-electron chi connectivity index (χ4n) is 1.61. The Morgan fingerprint density at radius 1 is 1.31 bits per heavy atom. The van der Waals surface area contributed by atoms with E-state index in [-0.39, 0.29) is 0 Å². The molecule has 16 heavy (non-hydrogen) atoms. The van der Waals surface area contributed by atoms with Crippen LogP contribution in [0.5, 0.6) is 5.88 Å². The Morgan fingerprint density at radius 2 is 2.00 bits per heavy atom. The standard InChI is InChI=1S/C13H22N2O/c1-6-10(4)12-13(16-5)15-11(8-14-12)7-9(2)3/h8-10H,6-7H2,1-5H3/t10-/m1/s1. The van der Waals surface area contributed by atoms with Crippen molar-refractivity contribution in [2.75, 3.05) is 7.11 Å². The summed E-state index contributed by atoms with van der Waals surface area (Å²) in [6, 6.07) is 0. The molecule has 0 bridgehead atoms. The maximum Gasteiger partial charge on any atom is 0.235 e. The third-order valence-corrected chi connectivity index (χ3v) is 2.71. The summed E-state index contributed by atoms with van der Waals surface area (Å²) >= 11 is 0. The second kappa shape index (κ2) is 5.83. The quantitative estimate of drug-likeness (QED) is 0.767. The maximum atomic E-state index is 5.32. The fraction of sp³-hybridized carbons (Fsp3) is 0.692. The van der Waals surface area contributed by atoms with E-state index in [2.05, 4.69) is 37.7 Å². The number of hydrogen-bond acceptors (Lipinski definition) is 3. The minimum absolute atomic E-state index is 0.399. The molecule has 3 nitrogen and oxygen atoms in total. The molecule has 0 aliphatic heterocycles. The van der Waals surface area contributed by atoms with Crippen LogP contribution in [-0.4, -0.2) is 17.1 Å². The molecule has 1 atom stereocenters. The molecule has 0 saturated heterocycles. The topological polar surface area (TPSA) is 35.0 Å². The van der Waals surface area contributed by atoms with Gasteiger partial charge >= 0.3 is 0 Å². The number of nitrogens with zero attached hydrogens (tertiary/aromatic N) is 2. The summed E-state index contributed by atoms with van der Waals surface area (Å²) in [6.45, 7) is 8.65. The Hall–Kier alpha value is -1.12. The highest BCUT2D eigenvalue weighted by atomic mass is 16.5. The van der Waals surface area contributed by atoms with Gasteiger partial charge < -0.3 is 4.74 Å². The highest BCUT2D eigenvalue weighted by molar-refractivity contribution is 5.23. The van der Waals surface area contributed by atoms with Crippen LogP contribution in [0.3, 0.4) is 0 Å². The number of hydrogen-bond donors (Lipinski definition) is 0. The van der Waals surface area contributed by atoms with Crippen molar-refractivity contribution in [2.45, 2.75) is 46.5 Å². The molecular formula is C13H22N2O. The van der Waals surface area contributed by atoms with Crippen molar-refractivity contribution in [1.82, 2.24) is 9.97 Å². The number of aromatic nitrogens is 2. The predicted octanol–water partition coefficient (Wildman–Crippen LogP) is 3.20. The van der Waals surface area contributed by atoms with Gasteiger partial charge in [-0.25, -0.2) is 4.98 Å². The molecule has 1 heterocycles. The van der Waals surface area contributed by atoms with E-state index < -0.39 is 0 Å². The first-order chi connectivity index (χ1) is 7.58. The highest BCUT2D eigenvalue weighted by Crippen LogP contribution is 2.25. The Morgan fingerprint density at radius 3 is 2.50 bits per heavy atom. The van der Waals surface area contributed by atoms with Crippen molar-refractivity contribution in [3.8, 4) is 5.88 Å². The van der Waals surface area contributed by atoms with Crippen molar-refractivity contribution in [1.29, 1.82) is 0 Å². The first kappa shape index (κ1) is 12.9. The van der Waals surface area contributed by atoms with Gasteiger partial charge in [0.25, 0.3) is 0 Å². The molecule has 0 saturated carbocycles. The molecule has 0 amide bonds. The van der Waals surface area contributed by atoms with Gasteiger partial charge in [-0.3, -0.25) is 4.98 Å². The monoisotopic (exact) mass is 222 g/mol. The molecule has 0 aromatic carbocycles. The van der Waals surface area contributed by atoms with Gasteiger partial charge in [-0.15, -0.1) is 0 Å². The molecule has 0 radical (unpaired) electrons. The van der Waals surface area contributed by atoms with Gasteiger partial charge in [-0.2, -0.15) is 0 Å². The average molecular weight is 222 g/mol. The first-order valence-electron chi connectivity index (χ1n) is 5.98. The van der Waals surface area contributed by atoms with Crippen LogP contribution in [-0.2, 0) is 6.42 Å². The van der Waals surface area contributed by atoms with Gasteiger partial charge in [0.05, 0.1) is 12.8 Å². The fourth-order valence-corrected chi connectivity index (χ4v) is 1.61. The molecule has 1 aromatic rings. The van der Waals surface area contributed by atoms with E-state index in [1.54, 1.807) is 7.11 Å². The van der Waals surface area contributed by atoms with Crippen LogP contribution >= 0.6 is 0 Å². The van der Waals surface area contributed by atoms with Crippen molar-refractivity contribution >= 4 is 0 Å². The SMILES string of the molecule is CC[C@@H](C)c1ncc(CC(C)C)nc1OC. The molecule has 0 N–H and O–H groups in total. The second-order valence-electron chi connectivity index (χ2n) is 4.66. The Kier molecular flexibility index (Phi) is 4.71. The van der Waals surface area contributed by atoms with Gasteiger partial charge in [0.15, 0.2) is 0 Å². The van der Waals surface area contributed by atoms with E-state index in [9.17, 15) is 0 Å². The largest absolute Gasteiger partial charge is 0.480 e. The van der Waals surface area contributed by atoms with Crippen molar-refractivity contribution in [2.24, 2.45) is 5.92 Å². The van der Waals surface area contributed by atoms with Crippen LogP contribution < -0.4 is 4.74 Å². The minimum Gasteiger partial charge on any atom is -0.480 e. The van der Waals surface area contributed by atoms with Gasteiger partial charge in [0.1, 0.15) is 5.69 Å². The molecule has 1 rings (SSSR count). The van der Waals surface area contributed by atoms with Gasteiger partial charge in [0, 0.05) is 12.1 Å². The van der Waals surface area contributed by atoms with E-state index in [4.69, 9.17) is 4.74 Å². The summed E-state index contributed by atoms with van der Waals surface area (Å²) in [5.74, 6) is 1.68. The molecule has 0 aliphatic carbocycles. The predicted molar refractivity (Wildman–Crippen MR) is 65.8 cm³/mol. The lowest BCUT2D eigenvalue weighted by molar-refractivity contribution is 0.382. The molecule has 0 aliphatic rings. The number of ether oxygens (including phenoxy) is 1. The second-order valence-corrected chi connectivity index (χ2v) is 4.66. The number of methoxy groups -OCH3 is 1. The Labute approximate surface area is 98.3 Å². The lowest BCUT2D eigenvalue weighted by Gasteiger charge is -2.13. The van der Waals surface area contributed by atoms with E-state index in [1.807, 2.05) is 6.20 Å². The summed E-state index contributed by atoms with van der Waals surface area (Å²) in [5.41, 5.74) is 1.98. The van der Waals surface area contributed by atoms with Crippen LogP contribution in [0.1, 0.15) is 51.4 Å². The Bertz CT molecular complexity index is 337. The van der Waals surface area contributed by atoms with Crippen LogP contribution in [0.25, 0.3) is 0 Å². The smallest absolute Gasteiger partial charge is 0.235 e. The first-order valence-corrected chi connectivity index (χ1v) is 5.98. The maximum absolute atomic E-state index is 5.32. The van der Waals surface area contributed by atoms with Crippen LogP contribution in [0.2, 0.25) is 0 Å². The zero-order chi connectivity index (χ0) is 12.1. The molecule has 1 aromatic heterocycles. The minimum atomic E-state index is 0.399. The van der Waals surface area contributed by atoms with E-state index in [0.29, 0.717) is 17.7 Å². The van der Waals surface area contributed by atoms with Crippen molar-refractivity contribution in [3.63, 3.8) is 0 Å². The summed E-state index contributed by atoms with van der Waals surface area (Å²) in [5, 5.41) is 0. The van der Waals surface area contributed by atoms with E-state index >= 15 is 0 Å². The van der Waals surface area contributed by atoms with E-state index in [0.717, 1.165) is 24.2 Å². The molecule has 3 heteroatoms. The van der Waals surface area contributed by atoms with Crippen molar-refractivity contribution in [3.05, 3.63) is 17.6 Å². The molecule has 0 spiro atoms. The normalized spacial score (nSPS) is 12.9. The third kappa shape index (κ3) is 3.19. The molecular weight excluding hydrogens is 200 g/mol. The van der Waals surface area contributed by atoms with Gasteiger partial charge in [-0.1, -0.05) is 27.7 Å². The summed E-state index contributed by atoms with van der Waals surface area (Å²) in [4.78, 5) is 9.00. The third-order valence-electron chi connectivity index (χ3n) is 2.71. The number of rotatable bonds is 5. The van der Waals surface area contributed by atoms with Crippen LogP contribution in [0.4, 0.5) is 0 Å². The van der Waals surface area contributed by atoms with Crippen molar-refractivity contribution < 1.29 is 4.74 Å². The summed E-state index contributed by atoms with van der Waals surface area (Å²) < 4.78 is 5.32. The molecule has 0 unspecified atom stereocenters. The van der Waals surface area contributed by atoms with Gasteiger partial charge in [0.2, 0.25) is 5.88 Å². The van der Waals surface area contributed by atoms with Crippen LogP contribution in [0, 0.1) is 5.92 Å². The zero-order valence-electron chi connectivity index (χ0n) is 10.9. The lowest BCUT2D eigenvalue weighted by atomic mass is 10.0. The van der Waals surface area contributed by atoms with E-state index in [1.165, 1.54) is 0 Å². The Balaban J connectivity index is 2.97.